The minimum atomic E-state index is -0.0865. The highest BCUT2D eigenvalue weighted by atomic mass is 16.2. The van der Waals surface area contributed by atoms with E-state index in [-0.39, 0.29) is 17.9 Å². The predicted molar refractivity (Wildman–Crippen MR) is 87.8 cm³/mol. The van der Waals surface area contributed by atoms with Crippen LogP contribution in [-0.4, -0.2) is 38.5 Å². The maximum atomic E-state index is 11.9. The number of nitrogens with one attached hydrogen (secondary N) is 3. The number of carbonyl (C=O) groups is 2. The average Bonchev–Trinajstić information content (AvgIpc) is 2.47. The number of likely N-dealkylation sites (N-methyl/N-ethyl adjacent to an activating group) is 1. The van der Waals surface area contributed by atoms with E-state index in [1.807, 2.05) is 38.2 Å². The van der Waals surface area contributed by atoms with Crippen LogP contribution in [0.5, 0.6) is 0 Å². The van der Waals surface area contributed by atoms with Gasteiger partial charge in [-0.05, 0) is 25.5 Å². The van der Waals surface area contributed by atoms with Crippen molar-refractivity contribution in [3.63, 3.8) is 0 Å². The van der Waals surface area contributed by atoms with Crippen LogP contribution < -0.4 is 15.5 Å². The molecule has 0 fully saturated rings. The molecule has 2 amide bonds. The number of carbonyl (C=O) groups excluding carboxylic acids is 2. The molecule has 0 heterocycles. The fourth-order valence-electron chi connectivity index (χ4n) is 2.43. The fourth-order valence-corrected chi connectivity index (χ4v) is 2.43. The molecule has 0 aliphatic rings. The topological polar surface area (TPSA) is 62.6 Å². The number of rotatable bonds is 8. The molecule has 22 heavy (non-hydrogen) atoms. The van der Waals surface area contributed by atoms with Gasteiger partial charge in [-0.2, -0.15) is 0 Å². The standard InChI is InChI=1S/C17H27N3O2/c1-5-6-13(2)19-16(21)12-20(4)11-14-7-9-15(10-8-14)17(22)18-3/h7-10,13H,5-6,11-12H2,1-4H3,(H,18,22)(H,19,21)/p+1/t13-/m1/s1. The van der Waals surface area contributed by atoms with Gasteiger partial charge in [0, 0.05) is 24.2 Å². The van der Waals surface area contributed by atoms with E-state index in [1.165, 1.54) is 0 Å². The zero-order valence-electron chi connectivity index (χ0n) is 14.0. The van der Waals surface area contributed by atoms with Gasteiger partial charge >= 0.3 is 0 Å². The molecule has 0 bridgehead atoms. The van der Waals surface area contributed by atoms with Crippen molar-refractivity contribution in [3.8, 4) is 0 Å². The molecular formula is C17H28N3O2+. The lowest BCUT2D eigenvalue weighted by atomic mass is 10.1. The third-order valence-corrected chi connectivity index (χ3v) is 3.54. The first-order valence-electron chi connectivity index (χ1n) is 7.88. The van der Waals surface area contributed by atoms with Gasteiger partial charge in [0.2, 0.25) is 0 Å². The monoisotopic (exact) mass is 306 g/mol. The van der Waals surface area contributed by atoms with E-state index in [0.29, 0.717) is 12.1 Å². The van der Waals surface area contributed by atoms with Crippen LogP contribution in [-0.2, 0) is 11.3 Å². The van der Waals surface area contributed by atoms with Crippen LogP contribution in [0.15, 0.2) is 24.3 Å². The second kappa shape index (κ2) is 9.20. The second-order valence-electron chi connectivity index (χ2n) is 5.84. The molecule has 2 atom stereocenters. The Bertz CT molecular complexity index is 485. The van der Waals surface area contributed by atoms with Gasteiger partial charge in [0.25, 0.3) is 11.8 Å². The van der Waals surface area contributed by atoms with Crippen LogP contribution in [0.1, 0.15) is 42.6 Å². The quantitative estimate of drug-likeness (QED) is 0.650. The summed E-state index contributed by atoms with van der Waals surface area (Å²) in [5.41, 5.74) is 1.76. The number of benzene rings is 1. The number of amides is 2. The number of quaternary nitrogens is 1. The van der Waals surface area contributed by atoms with E-state index < -0.39 is 0 Å². The van der Waals surface area contributed by atoms with Crippen molar-refractivity contribution in [1.82, 2.24) is 10.6 Å². The Labute approximate surface area is 133 Å². The van der Waals surface area contributed by atoms with Gasteiger partial charge in [0.15, 0.2) is 6.54 Å². The van der Waals surface area contributed by atoms with Crippen LogP contribution in [0.25, 0.3) is 0 Å². The zero-order valence-corrected chi connectivity index (χ0v) is 14.0. The summed E-state index contributed by atoms with van der Waals surface area (Å²) >= 11 is 0. The van der Waals surface area contributed by atoms with Crippen molar-refractivity contribution in [2.24, 2.45) is 0 Å². The predicted octanol–water partition coefficient (Wildman–Crippen LogP) is 0.366. The lowest BCUT2D eigenvalue weighted by Crippen LogP contribution is -3.09. The number of hydrogen-bond acceptors (Lipinski definition) is 2. The molecule has 0 saturated carbocycles. The van der Waals surface area contributed by atoms with Gasteiger partial charge in [0.05, 0.1) is 7.05 Å². The summed E-state index contributed by atoms with van der Waals surface area (Å²) in [5.74, 6) is -0.00280. The summed E-state index contributed by atoms with van der Waals surface area (Å²) in [6.07, 6.45) is 2.08. The molecule has 0 aromatic heterocycles. The smallest absolute Gasteiger partial charge is 0.275 e. The van der Waals surface area contributed by atoms with E-state index in [0.717, 1.165) is 29.8 Å². The maximum Gasteiger partial charge on any atom is 0.275 e. The Balaban J connectivity index is 2.46. The van der Waals surface area contributed by atoms with Crippen LogP contribution >= 0.6 is 0 Å². The molecule has 5 heteroatoms. The van der Waals surface area contributed by atoms with Crippen molar-refractivity contribution in [2.45, 2.75) is 39.3 Å². The molecule has 1 rings (SSSR count). The first-order valence-corrected chi connectivity index (χ1v) is 7.88. The van der Waals surface area contributed by atoms with Crippen molar-refractivity contribution in [2.75, 3.05) is 20.6 Å². The van der Waals surface area contributed by atoms with Gasteiger partial charge in [0.1, 0.15) is 6.54 Å². The highest BCUT2D eigenvalue weighted by Gasteiger charge is 2.13. The molecule has 1 unspecified atom stereocenters. The lowest BCUT2D eigenvalue weighted by Gasteiger charge is -2.17. The summed E-state index contributed by atoms with van der Waals surface area (Å²) in [4.78, 5) is 24.5. The van der Waals surface area contributed by atoms with Crippen LogP contribution in [0.4, 0.5) is 0 Å². The minimum Gasteiger partial charge on any atom is -0.355 e. The maximum absolute atomic E-state index is 11.9. The summed E-state index contributed by atoms with van der Waals surface area (Å²) in [6, 6.07) is 7.73. The molecule has 0 saturated heterocycles. The van der Waals surface area contributed by atoms with Crippen molar-refractivity contribution in [3.05, 3.63) is 35.4 Å². The zero-order chi connectivity index (χ0) is 16.5. The van der Waals surface area contributed by atoms with Gasteiger partial charge < -0.3 is 15.5 Å². The first-order chi connectivity index (χ1) is 10.5. The Hall–Kier alpha value is -1.88. The van der Waals surface area contributed by atoms with Crippen molar-refractivity contribution >= 4 is 11.8 Å². The van der Waals surface area contributed by atoms with Gasteiger partial charge in [-0.3, -0.25) is 9.59 Å². The van der Waals surface area contributed by atoms with Crippen LogP contribution in [0, 0.1) is 0 Å². The minimum absolute atomic E-state index is 0.0837. The molecule has 1 aromatic rings. The Morgan fingerprint density at radius 1 is 1.23 bits per heavy atom. The third-order valence-electron chi connectivity index (χ3n) is 3.54. The first kappa shape index (κ1) is 18.2. The van der Waals surface area contributed by atoms with E-state index in [4.69, 9.17) is 0 Å². The lowest BCUT2D eigenvalue weighted by molar-refractivity contribution is -0.885. The largest absolute Gasteiger partial charge is 0.355 e. The highest BCUT2D eigenvalue weighted by molar-refractivity contribution is 5.93. The van der Waals surface area contributed by atoms with Gasteiger partial charge in [-0.25, -0.2) is 0 Å². The van der Waals surface area contributed by atoms with Crippen molar-refractivity contribution < 1.29 is 14.5 Å². The second-order valence-corrected chi connectivity index (χ2v) is 5.84. The molecule has 0 aliphatic carbocycles. The molecule has 3 N–H and O–H groups in total. The van der Waals surface area contributed by atoms with Crippen molar-refractivity contribution in [1.29, 1.82) is 0 Å². The summed E-state index contributed by atoms with van der Waals surface area (Å²) in [7, 11) is 3.61. The van der Waals surface area contributed by atoms with Gasteiger partial charge in [-0.1, -0.05) is 25.5 Å². The molecule has 122 valence electrons. The molecule has 1 aromatic carbocycles. The van der Waals surface area contributed by atoms with E-state index in [1.54, 1.807) is 7.05 Å². The molecule has 5 nitrogen and oxygen atoms in total. The summed E-state index contributed by atoms with van der Waals surface area (Å²) in [5, 5.41) is 5.62. The molecule has 0 spiro atoms. The Morgan fingerprint density at radius 3 is 2.41 bits per heavy atom. The average molecular weight is 306 g/mol. The molecule has 0 aliphatic heterocycles. The van der Waals surface area contributed by atoms with E-state index in [9.17, 15) is 9.59 Å². The SMILES string of the molecule is CCC[C@@H](C)NC(=O)C[NH+](C)Cc1ccc(C(=O)NC)cc1. The third kappa shape index (κ3) is 6.26. The molecule has 0 radical (unpaired) electrons. The highest BCUT2D eigenvalue weighted by Crippen LogP contribution is 2.03. The van der Waals surface area contributed by atoms with Crippen LogP contribution in [0.2, 0.25) is 0 Å². The normalized spacial score (nSPS) is 13.3. The fraction of sp³-hybridized carbons (Fsp3) is 0.529. The van der Waals surface area contributed by atoms with Crippen LogP contribution in [0.3, 0.4) is 0 Å². The summed E-state index contributed by atoms with van der Waals surface area (Å²) in [6.45, 7) is 5.35. The molecular weight excluding hydrogens is 278 g/mol. The van der Waals surface area contributed by atoms with E-state index >= 15 is 0 Å². The van der Waals surface area contributed by atoms with E-state index in [2.05, 4.69) is 17.6 Å². The Morgan fingerprint density at radius 2 is 1.86 bits per heavy atom. The number of hydrogen-bond donors (Lipinski definition) is 3. The van der Waals surface area contributed by atoms with Gasteiger partial charge in [-0.15, -0.1) is 0 Å². The Kier molecular flexibility index (Phi) is 7.60. The summed E-state index contributed by atoms with van der Waals surface area (Å²) < 4.78 is 0.